The highest BCUT2D eigenvalue weighted by Gasteiger charge is 2.24. The van der Waals surface area contributed by atoms with Crippen molar-refractivity contribution < 1.29 is 10.2 Å². The van der Waals surface area contributed by atoms with Crippen LogP contribution in [0.2, 0.25) is 19.6 Å². The zero-order chi connectivity index (χ0) is 15.7. The van der Waals surface area contributed by atoms with E-state index >= 15 is 0 Å². The van der Waals surface area contributed by atoms with E-state index in [1.165, 1.54) is 0 Å². The molecule has 0 aliphatic carbocycles. The molecule has 20 heavy (non-hydrogen) atoms. The van der Waals surface area contributed by atoms with Crippen molar-refractivity contribution in [1.29, 1.82) is 0 Å². The van der Waals surface area contributed by atoms with Crippen LogP contribution in [0.1, 0.15) is 33.3 Å². The van der Waals surface area contributed by atoms with E-state index in [9.17, 15) is 10.2 Å². The number of rotatable bonds is 5. The number of aromatic hydroxyl groups is 2. The van der Waals surface area contributed by atoms with Crippen molar-refractivity contribution >= 4 is 13.3 Å². The molecule has 0 amide bonds. The number of hydrogen-bond acceptors (Lipinski definition) is 3. The molecular weight excluding hydrogens is 266 g/mol. The van der Waals surface area contributed by atoms with E-state index in [-0.39, 0.29) is 5.75 Å². The van der Waals surface area contributed by atoms with Crippen LogP contribution in [-0.4, -0.2) is 35.3 Å². The molecule has 0 unspecified atom stereocenters. The molecule has 0 fully saturated rings. The highest BCUT2D eigenvalue weighted by molar-refractivity contribution is 6.89. The Morgan fingerprint density at radius 2 is 1.50 bits per heavy atom. The molecule has 114 valence electrons. The first-order chi connectivity index (χ1) is 9.04. The number of nitrogens with zero attached hydrogens (tertiary/aromatic N) is 1. The smallest absolute Gasteiger partial charge is 0.119 e. The minimum Gasteiger partial charge on any atom is -0.508 e. The maximum atomic E-state index is 10.6. The summed E-state index contributed by atoms with van der Waals surface area (Å²) in [5.74, 6) is 0.621. The minimum absolute atomic E-state index is 0.252. The first-order valence-corrected chi connectivity index (χ1v) is 10.8. The van der Waals surface area contributed by atoms with E-state index in [0.29, 0.717) is 24.4 Å². The van der Waals surface area contributed by atoms with Gasteiger partial charge < -0.3 is 10.2 Å². The maximum absolute atomic E-state index is 10.6. The molecule has 0 aliphatic heterocycles. The van der Waals surface area contributed by atoms with Crippen LogP contribution in [0.5, 0.6) is 11.5 Å². The van der Waals surface area contributed by atoms with Gasteiger partial charge in [-0.1, -0.05) is 19.6 Å². The first kappa shape index (κ1) is 17.0. The lowest BCUT2D eigenvalue weighted by Crippen LogP contribution is -2.39. The van der Waals surface area contributed by atoms with Gasteiger partial charge in [0.15, 0.2) is 0 Å². The average molecular weight is 295 g/mol. The zero-order valence-electron chi connectivity index (χ0n) is 13.9. The Kier molecular flexibility index (Phi) is 5.27. The van der Waals surface area contributed by atoms with Gasteiger partial charge in [0.25, 0.3) is 0 Å². The second-order valence-electron chi connectivity index (χ2n) is 7.11. The van der Waals surface area contributed by atoms with Crippen molar-refractivity contribution in [3.63, 3.8) is 0 Å². The van der Waals surface area contributed by atoms with E-state index in [2.05, 4.69) is 52.2 Å². The molecule has 1 rings (SSSR count). The topological polar surface area (TPSA) is 43.7 Å². The monoisotopic (exact) mass is 295 g/mol. The number of hydrogen-bond donors (Lipinski definition) is 2. The average Bonchev–Trinajstić information content (AvgIpc) is 2.27. The predicted octanol–water partition coefficient (Wildman–Crippen LogP) is 3.26. The SMILES string of the molecule is CC(C)N(Cc1cc(O)cc([Si](C)(C)C)c1O)C(C)C. The van der Waals surface area contributed by atoms with Gasteiger partial charge in [-0.25, -0.2) is 0 Å². The largest absolute Gasteiger partial charge is 0.508 e. The van der Waals surface area contributed by atoms with Crippen molar-refractivity contribution in [2.75, 3.05) is 0 Å². The van der Waals surface area contributed by atoms with Crippen molar-refractivity contribution in [3.8, 4) is 11.5 Å². The van der Waals surface area contributed by atoms with E-state index < -0.39 is 8.07 Å². The summed E-state index contributed by atoms with van der Waals surface area (Å²) < 4.78 is 0. The molecule has 0 saturated carbocycles. The normalized spacial score (nSPS) is 12.7. The number of phenols is 2. The molecule has 0 spiro atoms. The van der Waals surface area contributed by atoms with Crippen molar-refractivity contribution in [2.24, 2.45) is 0 Å². The molecule has 0 heterocycles. The molecule has 0 bridgehead atoms. The summed E-state index contributed by atoms with van der Waals surface area (Å²) in [6, 6.07) is 4.20. The van der Waals surface area contributed by atoms with Gasteiger partial charge in [0.1, 0.15) is 11.5 Å². The van der Waals surface area contributed by atoms with Gasteiger partial charge in [-0.15, -0.1) is 0 Å². The second-order valence-corrected chi connectivity index (χ2v) is 12.1. The van der Waals surface area contributed by atoms with E-state index in [1.54, 1.807) is 12.1 Å². The third kappa shape index (κ3) is 3.99. The Morgan fingerprint density at radius 3 is 1.90 bits per heavy atom. The summed E-state index contributed by atoms with van der Waals surface area (Å²) in [4.78, 5) is 2.31. The van der Waals surface area contributed by atoms with Crippen molar-refractivity contribution in [3.05, 3.63) is 17.7 Å². The van der Waals surface area contributed by atoms with Crippen LogP contribution < -0.4 is 5.19 Å². The predicted molar refractivity (Wildman–Crippen MR) is 88.6 cm³/mol. The lowest BCUT2D eigenvalue weighted by Gasteiger charge is -2.31. The summed E-state index contributed by atoms with van der Waals surface area (Å²) >= 11 is 0. The standard InChI is InChI=1S/C16H29NO2Si/c1-11(2)17(12(3)4)10-13-8-14(18)9-15(16(13)19)20(5,6)7/h8-9,11-12,18-19H,10H2,1-7H3. The molecule has 0 aliphatic rings. The van der Waals surface area contributed by atoms with Crippen LogP contribution in [0, 0.1) is 0 Å². The molecule has 0 atom stereocenters. The third-order valence-corrected chi connectivity index (χ3v) is 5.66. The van der Waals surface area contributed by atoms with Crippen LogP contribution in [0.4, 0.5) is 0 Å². The fraction of sp³-hybridized carbons (Fsp3) is 0.625. The zero-order valence-corrected chi connectivity index (χ0v) is 14.9. The number of benzene rings is 1. The number of phenolic OH excluding ortho intramolecular Hbond substituents is 2. The molecule has 0 saturated heterocycles. The van der Waals surface area contributed by atoms with E-state index in [1.807, 2.05) is 0 Å². The summed E-state index contributed by atoms with van der Waals surface area (Å²) in [5, 5.41) is 21.5. The summed E-state index contributed by atoms with van der Waals surface area (Å²) in [7, 11) is -1.67. The fourth-order valence-electron chi connectivity index (χ4n) is 2.53. The molecule has 1 aromatic carbocycles. The molecule has 2 N–H and O–H groups in total. The highest BCUT2D eigenvalue weighted by Crippen LogP contribution is 2.26. The van der Waals surface area contributed by atoms with Gasteiger partial charge in [-0.2, -0.15) is 0 Å². The Hall–Kier alpha value is -1.00. The van der Waals surface area contributed by atoms with Gasteiger partial charge >= 0.3 is 0 Å². The van der Waals surface area contributed by atoms with E-state index in [0.717, 1.165) is 10.8 Å². The van der Waals surface area contributed by atoms with Crippen molar-refractivity contribution in [2.45, 2.75) is 66.0 Å². The summed E-state index contributed by atoms with van der Waals surface area (Å²) in [5.41, 5.74) is 0.824. The second kappa shape index (κ2) is 6.18. The molecule has 1 aromatic rings. The quantitative estimate of drug-likeness (QED) is 0.647. The van der Waals surface area contributed by atoms with Crippen LogP contribution >= 0.6 is 0 Å². The molecule has 0 radical (unpaired) electrons. The summed E-state index contributed by atoms with van der Waals surface area (Å²) in [6.07, 6.45) is 0. The molecule has 3 nitrogen and oxygen atoms in total. The first-order valence-electron chi connectivity index (χ1n) is 7.35. The molecular formula is C16H29NO2Si. The van der Waals surface area contributed by atoms with Crippen LogP contribution in [0.15, 0.2) is 12.1 Å². The minimum atomic E-state index is -1.67. The van der Waals surface area contributed by atoms with Gasteiger partial charge in [0.2, 0.25) is 0 Å². The Labute approximate surface area is 124 Å². The van der Waals surface area contributed by atoms with Crippen molar-refractivity contribution in [1.82, 2.24) is 4.90 Å². The molecule has 4 heteroatoms. The highest BCUT2D eigenvalue weighted by atomic mass is 28.3. The van der Waals surface area contributed by atoms with E-state index in [4.69, 9.17) is 0 Å². The third-order valence-electron chi connectivity index (χ3n) is 3.66. The maximum Gasteiger partial charge on any atom is 0.119 e. The summed E-state index contributed by atoms with van der Waals surface area (Å²) in [6.45, 7) is 15.8. The van der Waals surface area contributed by atoms with Crippen LogP contribution in [-0.2, 0) is 6.54 Å². The van der Waals surface area contributed by atoms with Gasteiger partial charge in [0.05, 0.1) is 8.07 Å². The Bertz CT molecular complexity index is 456. The fourth-order valence-corrected chi connectivity index (χ4v) is 3.98. The Balaban J connectivity index is 3.22. The van der Waals surface area contributed by atoms with Gasteiger partial charge in [-0.3, -0.25) is 4.90 Å². The van der Waals surface area contributed by atoms with Gasteiger partial charge in [0, 0.05) is 24.2 Å². The Morgan fingerprint density at radius 1 is 1.00 bits per heavy atom. The van der Waals surface area contributed by atoms with Gasteiger partial charge in [-0.05, 0) is 45.0 Å². The van der Waals surface area contributed by atoms with Crippen LogP contribution in [0.3, 0.4) is 0 Å². The molecule has 0 aromatic heterocycles. The lowest BCUT2D eigenvalue weighted by atomic mass is 10.1. The lowest BCUT2D eigenvalue weighted by molar-refractivity contribution is 0.164. The van der Waals surface area contributed by atoms with Crippen LogP contribution in [0.25, 0.3) is 0 Å².